The Kier molecular flexibility index (Phi) is 4.15. The maximum Gasteiger partial charge on any atom is 0.273 e. The predicted octanol–water partition coefficient (Wildman–Crippen LogP) is 3.24. The normalized spacial score (nSPS) is 10.2. The van der Waals surface area contributed by atoms with Crippen molar-refractivity contribution in [3.05, 3.63) is 78.4 Å². The average Bonchev–Trinajstić information content (AvgIpc) is 3.10. The lowest BCUT2D eigenvalue weighted by atomic mass is 10.2. The number of H-pyrrole nitrogens is 1. The molecule has 0 saturated heterocycles. The molecule has 1 aromatic heterocycles. The first kappa shape index (κ1) is 13.9. The van der Waals surface area contributed by atoms with E-state index in [4.69, 9.17) is 4.74 Å². The van der Waals surface area contributed by atoms with Gasteiger partial charge < -0.3 is 15.0 Å². The van der Waals surface area contributed by atoms with Gasteiger partial charge in [0.05, 0.1) is 12.5 Å². The summed E-state index contributed by atoms with van der Waals surface area (Å²) in [5.74, 6) is 0.527. The number of carbonyl (C=O) groups excluding carboxylic acids is 1. The second-order valence-corrected chi connectivity index (χ2v) is 4.72. The maximum atomic E-state index is 11.9. The number of nitrogens with one attached hydrogen (secondary N) is 2. The SMILES string of the molecule is O=C(Nc1ccc(OCc2ccccc2)cc1)c1cnc[nH]1. The van der Waals surface area contributed by atoms with E-state index in [-0.39, 0.29) is 5.91 Å². The molecule has 2 aromatic carbocycles. The highest BCUT2D eigenvalue weighted by molar-refractivity contribution is 6.02. The Hall–Kier alpha value is -3.08. The molecule has 0 atom stereocenters. The highest BCUT2D eigenvalue weighted by Crippen LogP contribution is 2.17. The van der Waals surface area contributed by atoms with Crippen LogP contribution in [-0.2, 0) is 6.61 Å². The number of hydrogen-bond donors (Lipinski definition) is 2. The number of imidazole rings is 1. The number of amides is 1. The van der Waals surface area contributed by atoms with Crippen LogP contribution in [0.1, 0.15) is 16.1 Å². The Morgan fingerprint density at radius 1 is 1.09 bits per heavy atom. The van der Waals surface area contributed by atoms with Crippen molar-refractivity contribution in [3.8, 4) is 5.75 Å². The largest absolute Gasteiger partial charge is 0.489 e. The molecule has 0 aliphatic heterocycles. The van der Waals surface area contributed by atoms with Gasteiger partial charge in [-0.15, -0.1) is 0 Å². The minimum atomic E-state index is -0.226. The summed E-state index contributed by atoms with van der Waals surface area (Å²) in [6, 6.07) is 17.2. The Balaban J connectivity index is 1.57. The van der Waals surface area contributed by atoms with Crippen molar-refractivity contribution in [2.24, 2.45) is 0 Å². The molecule has 5 nitrogen and oxygen atoms in total. The Morgan fingerprint density at radius 2 is 1.86 bits per heavy atom. The number of ether oxygens (including phenoxy) is 1. The molecule has 0 radical (unpaired) electrons. The molecule has 0 spiro atoms. The fraction of sp³-hybridized carbons (Fsp3) is 0.0588. The van der Waals surface area contributed by atoms with Crippen molar-refractivity contribution in [3.63, 3.8) is 0 Å². The van der Waals surface area contributed by atoms with E-state index in [9.17, 15) is 4.79 Å². The molecule has 2 N–H and O–H groups in total. The van der Waals surface area contributed by atoms with Gasteiger partial charge in [-0.3, -0.25) is 4.79 Å². The second kappa shape index (κ2) is 6.58. The smallest absolute Gasteiger partial charge is 0.273 e. The van der Waals surface area contributed by atoms with Crippen molar-refractivity contribution in [2.75, 3.05) is 5.32 Å². The van der Waals surface area contributed by atoms with Crippen LogP contribution in [0.5, 0.6) is 5.75 Å². The van der Waals surface area contributed by atoms with Crippen molar-refractivity contribution in [1.82, 2.24) is 9.97 Å². The number of nitrogens with zero attached hydrogens (tertiary/aromatic N) is 1. The molecular formula is C17H15N3O2. The lowest BCUT2D eigenvalue weighted by Crippen LogP contribution is -2.12. The van der Waals surface area contributed by atoms with E-state index in [2.05, 4.69) is 15.3 Å². The number of carbonyl (C=O) groups is 1. The number of aromatic amines is 1. The fourth-order valence-corrected chi connectivity index (χ4v) is 1.95. The van der Waals surface area contributed by atoms with E-state index in [1.54, 1.807) is 12.1 Å². The van der Waals surface area contributed by atoms with Gasteiger partial charge in [-0.1, -0.05) is 30.3 Å². The van der Waals surface area contributed by atoms with E-state index in [0.717, 1.165) is 11.3 Å². The molecule has 110 valence electrons. The molecular weight excluding hydrogens is 278 g/mol. The van der Waals surface area contributed by atoms with Gasteiger partial charge in [0.2, 0.25) is 0 Å². The summed E-state index contributed by atoms with van der Waals surface area (Å²) < 4.78 is 5.70. The van der Waals surface area contributed by atoms with Crippen LogP contribution in [0.25, 0.3) is 0 Å². The van der Waals surface area contributed by atoms with Gasteiger partial charge in [0.1, 0.15) is 18.1 Å². The Labute approximate surface area is 128 Å². The summed E-state index contributed by atoms with van der Waals surface area (Å²) >= 11 is 0. The van der Waals surface area contributed by atoms with Crippen molar-refractivity contribution in [2.45, 2.75) is 6.61 Å². The van der Waals surface area contributed by atoms with Gasteiger partial charge >= 0.3 is 0 Å². The van der Waals surface area contributed by atoms with Gasteiger partial charge in [0, 0.05) is 5.69 Å². The van der Waals surface area contributed by atoms with E-state index in [1.807, 2.05) is 42.5 Å². The van der Waals surface area contributed by atoms with Gasteiger partial charge in [0.25, 0.3) is 5.91 Å². The van der Waals surface area contributed by atoms with Crippen LogP contribution in [0.3, 0.4) is 0 Å². The standard InChI is InChI=1S/C17H15N3O2/c21-17(16-10-18-12-19-16)20-14-6-8-15(9-7-14)22-11-13-4-2-1-3-5-13/h1-10,12H,11H2,(H,18,19)(H,20,21). The van der Waals surface area contributed by atoms with Crippen molar-refractivity contribution in [1.29, 1.82) is 0 Å². The third-order valence-corrected chi connectivity index (χ3v) is 3.10. The molecule has 0 unspecified atom stereocenters. The number of anilines is 1. The van der Waals surface area contributed by atoms with Gasteiger partial charge in [0.15, 0.2) is 0 Å². The highest BCUT2D eigenvalue weighted by Gasteiger charge is 2.06. The van der Waals surface area contributed by atoms with Gasteiger partial charge in [-0.05, 0) is 29.8 Å². The molecule has 1 amide bonds. The molecule has 0 aliphatic rings. The summed E-state index contributed by atoms with van der Waals surface area (Å²) in [6.45, 7) is 0.515. The van der Waals surface area contributed by atoms with Crippen LogP contribution < -0.4 is 10.1 Å². The number of hydrogen-bond acceptors (Lipinski definition) is 3. The molecule has 3 aromatic rings. The lowest BCUT2D eigenvalue weighted by molar-refractivity contribution is 0.102. The van der Waals surface area contributed by atoms with E-state index in [0.29, 0.717) is 18.0 Å². The zero-order chi connectivity index (χ0) is 15.2. The summed E-state index contributed by atoms with van der Waals surface area (Å²) in [7, 11) is 0. The summed E-state index contributed by atoms with van der Waals surface area (Å²) in [6.07, 6.45) is 2.95. The second-order valence-electron chi connectivity index (χ2n) is 4.72. The van der Waals surface area contributed by atoms with Crippen molar-refractivity contribution >= 4 is 11.6 Å². The monoisotopic (exact) mass is 293 g/mol. The average molecular weight is 293 g/mol. The topological polar surface area (TPSA) is 67.0 Å². The van der Waals surface area contributed by atoms with Crippen molar-refractivity contribution < 1.29 is 9.53 Å². The molecule has 0 aliphatic carbocycles. The quantitative estimate of drug-likeness (QED) is 0.759. The summed E-state index contributed by atoms with van der Waals surface area (Å²) in [5, 5.41) is 2.78. The Bertz CT molecular complexity index is 722. The first-order chi connectivity index (χ1) is 10.8. The molecule has 22 heavy (non-hydrogen) atoms. The molecule has 1 heterocycles. The third-order valence-electron chi connectivity index (χ3n) is 3.10. The van der Waals surface area contributed by atoms with Crippen LogP contribution in [0.2, 0.25) is 0 Å². The van der Waals surface area contributed by atoms with Crippen LogP contribution in [0, 0.1) is 0 Å². The summed E-state index contributed by atoms with van der Waals surface area (Å²) in [4.78, 5) is 18.4. The van der Waals surface area contributed by atoms with Gasteiger partial charge in [-0.2, -0.15) is 0 Å². The van der Waals surface area contributed by atoms with Crippen LogP contribution in [0.4, 0.5) is 5.69 Å². The Morgan fingerprint density at radius 3 is 2.55 bits per heavy atom. The molecule has 5 heteroatoms. The minimum Gasteiger partial charge on any atom is -0.489 e. The third kappa shape index (κ3) is 3.52. The molecule has 0 fully saturated rings. The lowest BCUT2D eigenvalue weighted by Gasteiger charge is -2.08. The van der Waals surface area contributed by atoms with Gasteiger partial charge in [-0.25, -0.2) is 4.98 Å². The number of rotatable bonds is 5. The first-order valence-corrected chi connectivity index (χ1v) is 6.88. The minimum absolute atomic E-state index is 0.226. The van der Waals surface area contributed by atoms with Crippen LogP contribution in [-0.4, -0.2) is 15.9 Å². The number of aromatic nitrogens is 2. The molecule has 0 bridgehead atoms. The fourth-order valence-electron chi connectivity index (χ4n) is 1.95. The first-order valence-electron chi connectivity index (χ1n) is 6.88. The van der Waals surface area contributed by atoms with Crippen LogP contribution >= 0.6 is 0 Å². The van der Waals surface area contributed by atoms with E-state index in [1.165, 1.54) is 12.5 Å². The molecule has 3 rings (SSSR count). The summed E-state index contributed by atoms with van der Waals surface area (Å²) in [5.41, 5.74) is 2.23. The van der Waals surface area contributed by atoms with E-state index < -0.39 is 0 Å². The zero-order valence-electron chi connectivity index (χ0n) is 11.8. The maximum absolute atomic E-state index is 11.9. The van der Waals surface area contributed by atoms with Crippen LogP contribution in [0.15, 0.2) is 67.1 Å². The van der Waals surface area contributed by atoms with E-state index >= 15 is 0 Å². The number of benzene rings is 2. The zero-order valence-corrected chi connectivity index (χ0v) is 11.8. The predicted molar refractivity (Wildman–Crippen MR) is 83.8 cm³/mol. The highest BCUT2D eigenvalue weighted by atomic mass is 16.5. The molecule has 0 saturated carbocycles.